The van der Waals surface area contributed by atoms with Crippen molar-refractivity contribution in [3.05, 3.63) is 64.9 Å². The molecule has 0 spiro atoms. The summed E-state index contributed by atoms with van der Waals surface area (Å²) in [5, 5.41) is 0.620. The van der Waals surface area contributed by atoms with Gasteiger partial charge in [-0.1, -0.05) is 23.7 Å². The lowest BCUT2D eigenvalue weighted by molar-refractivity contribution is 0.396. The zero-order valence-electron chi connectivity index (χ0n) is 11.7. The minimum Gasteiger partial charge on any atom is -0.207 e. The van der Waals surface area contributed by atoms with Crippen LogP contribution in [0.15, 0.2) is 53.4 Å². The molecule has 0 radical (unpaired) electrons. The van der Waals surface area contributed by atoms with Gasteiger partial charge in [0.1, 0.15) is 5.82 Å². The summed E-state index contributed by atoms with van der Waals surface area (Å²) in [6, 6.07) is 12.0. The van der Waals surface area contributed by atoms with E-state index in [1.807, 2.05) is 12.1 Å². The van der Waals surface area contributed by atoms with E-state index in [1.165, 1.54) is 28.6 Å². The number of sulfonamides is 1. The Morgan fingerprint density at radius 2 is 1.68 bits per heavy atom. The topological polar surface area (TPSA) is 37.4 Å². The summed E-state index contributed by atoms with van der Waals surface area (Å²) in [5.74, 6) is -0.449. The van der Waals surface area contributed by atoms with E-state index in [0.29, 0.717) is 11.6 Å². The van der Waals surface area contributed by atoms with Crippen LogP contribution in [0.2, 0.25) is 5.02 Å². The highest BCUT2D eigenvalue weighted by Gasteiger charge is 2.36. The van der Waals surface area contributed by atoms with Crippen molar-refractivity contribution >= 4 is 21.6 Å². The van der Waals surface area contributed by atoms with Crippen LogP contribution < -0.4 is 0 Å². The molecule has 0 bridgehead atoms. The Hall–Kier alpha value is -1.43. The molecule has 0 aliphatic carbocycles. The van der Waals surface area contributed by atoms with Gasteiger partial charge in [0.15, 0.2) is 0 Å². The molecular formula is C16H15ClFNO2S. The fraction of sp³-hybridized carbons (Fsp3) is 0.250. The van der Waals surface area contributed by atoms with Crippen molar-refractivity contribution in [1.82, 2.24) is 4.31 Å². The van der Waals surface area contributed by atoms with Gasteiger partial charge in [-0.2, -0.15) is 4.31 Å². The molecule has 1 saturated heterocycles. The first-order chi connectivity index (χ1) is 10.5. The molecule has 1 heterocycles. The first-order valence-electron chi connectivity index (χ1n) is 7.01. The second-order valence-electron chi connectivity index (χ2n) is 5.28. The normalized spacial score (nSPS) is 19.5. The van der Waals surface area contributed by atoms with Gasteiger partial charge in [-0.05, 0) is 54.8 Å². The Kier molecular flexibility index (Phi) is 4.21. The van der Waals surface area contributed by atoms with Crippen molar-refractivity contribution in [1.29, 1.82) is 0 Å². The zero-order valence-corrected chi connectivity index (χ0v) is 13.3. The Morgan fingerprint density at radius 3 is 2.32 bits per heavy atom. The highest BCUT2D eigenvalue weighted by atomic mass is 35.5. The lowest BCUT2D eigenvalue weighted by atomic mass is 10.1. The zero-order chi connectivity index (χ0) is 15.7. The molecule has 0 N–H and O–H groups in total. The largest absolute Gasteiger partial charge is 0.243 e. The van der Waals surface area contributed by atoms with Crippen LogP contribution in [0, 0.1) is 5.82 Å². The summed E-state index contributed by atoms with van der Waals surface area (Å²) < 4.78 is 40.0. The summed E-state index contributed by atoms with van der Waals surface area (Å²) in [7, 11) is -3.63. The second kappa shape index (κ2) is 5.99. The lowest BCUT2D eigenvalue weighted by Gasteiger charge is -2.24. The Balaban J connectivity index is 1.95. The molecule has 116 valence electrons. The molecule has 2 aromatic carbocycles. The summed E-state index contributed by atoms with van der Waals surface area (Å²) in [5.41, 5.74) is 0.924. The number of halogens is 2. The van der Waals surface area contributed by atoms with E-state index in [1.54, 1.807) is 12.1 Å². The number of nitrogens with zero attached hydrogens (tertiary/aromatic N) is 1. The third kappa shape index (κ3) is 2.89. The maximum Gasteiger partial charge on any atom is 0.243 e. The molecule has 2 aromatic rings. The molecule has 0 amide bonds. The molecule has 0 aromatic heterocycles. The van der Waals surface area contributed by atoms with Gasteiger partial charge in [-0.15, -0.1) is 0 Å². The van der Waals surface area contributed by atoms with Crippen LogP contribution >= 0.6 is 11.6 Å². The maximum atomic E-state index is 13.0. The van der Waals surface area contributed by atoms with E-state index in [9.17, 15) is 12.8 Å². The lowest BCUT2D eigenvalue weighted by Crippen LogP contribution is -2.30. The van der Waals surface area contributed by atoms with Crippen LogP contribution in [0.25, 0.3) is 0 Å². The van der Waals surface area contributed by atoms with E-state index < -0.39 is 15.8 Å². The van der Waals surface area contributed by atoms with Crippen molar-refractivity contribution in [3.8, 4) is 0 Å². The minimum absolute atomic E-state index is 0.120. The van der Waals surface area contributed by atoms with Crippen molar-refractivity contribution in [2.75, 3.05) is 6.54 Å². The molecule has 1 atom stereocenters. The van der Waals surface area contributed by atoms with Crippen LogP contribution in [0.5, 0.6) is 0 Å². The van der Waals surface area contributed by atoms with Crippen molar-refractivity contribution in [3.63, 3.8) is 0 Å². The van der Waals surface area contributed by atoms with Crippen LogP contribution in [-0.4, -0.2) is 19.3 Å². The van der Waals surface area contributed by atoms with Gasteiger partial charge in [-0.25, -0.2) is 12.8 Å². The predicted octanol–water partition coefficient (Wildman–Crippen LogP) is 4.00. The smallest absolute Gasteiger partial charge is 0.207 e. The third-order valence-electron chi connectivity index (χ3n) is 3.88. The van der Waals surface area contributed by atoms with Crippen molar-refractivity contribution in [2.45, 2.75) is 23.8 Å². The average molecular weight is 340 g/mol. The summed E-state index contributed by atoms with van der Waals surface area (Å²) in [4.78, 5) is 0.120. The average Bonchev–Trinajstić information content (AvgIpc) is 2.99. The maximum absolute atomic E-state index is 13.0. The van der Waals surface area contributed by atoms with E-state index in [-0.39, 0.29) is 10.9 Å². The van der Waals surface area contributed by atoms with E-state index in [4.69, 9.17) is 11.6 Å². The van der Waals surface area contributed by atoms with Gasteiger partial charge in [0.25, 0.3) is 0 Å². The predicted molar refractivity (Wildman–Crippen MR) is 83.7 cm³/mol. The van der Waals surface area contributed by atoms with Crippen molar-refractivity contribution < 1.29 is 12.8 Å². The molecule has 0 unspecified atom stereocenters. The third-order valence-corrected chi connectivity index (χ3v) is 6.05. The number of benzene rings is 2. The van der Waals surface area contributed by atoms with Crippen LogP contribution in [0.4, 0.5) is 4.39 Å². The van der Waals surface area contributed by atoms with Gasteiger partial charge >= 0.3 is 0 Å². The Morgan fingerprint density at radius 1 is 1.05 bits per heavy atom. The number of rotatable bonds is 3. The first kappa shape index (κ1) is 15.5. The molecule has 3 rings (SSSR count). The molecular weight excluding hydrogens is 325 g/mol. The van der Waals surface area contributed by atoms with Gasteiger partial charge in [0.2, 0.25) is 10.0 Å². The second-order valence-corrected chi connectivity index (χ2v) is 7.61. The van der Waals surface area contributed by atoms with E-state index in [0.717, 1.165) is 18.4 Å². The van der Waals surface area contributed by atoms with Gasteiger partial charge in [0.05, 0.1) is 10.9 Å². The fourth-order valence-electron chi connectivity index (χ4n) is 2.79. The van der Waals surface area contributed by atoms with Gasteiger partial charge in [0, 0.05) is 11.6 Å². The van der Waals surface area contributed by atoms with Crippen molar-refractivity contribution in [2.24, 2.45) is 0 Å². The van der Waals surface area contributed by atoms with Crippen LogP contribution in [0.1, 0.15) is 24.4 Å². The minimum atomic E-state index is -3.63. The molecule has 6 heteroatoms. The molecule has 1 aliphatic rings. The molecule has 3 nitrogen and oxygen atoms in total. The highest BCUT2D eigenvalue weighted by Crippen LogP contribution is 2.36. The first-order valence-corrected chi connectivity index (χ1v) is 8.83. The van der Waals surface area contributed by atoms with Crippen LogP contribution in [0.3, 0.4) is 0 Å². The Labute approximate surface area is 134 Å². The van der Waals surface area contributed by atoms with Gasteiger partial charge in [-0.3, -0.25) is 0 Å². The number of hydrogen-bond donors (Lipinski definition) is 0. The highest BCUT2D eigenvalue weighted by molar-refractivity contribution is 7.89. The molecule has 22 heavy (non-hydrogen) atoms. The summed E-state index contributed by atoms with van der Waals surface area (Å²) >= 11 is 5.89. The van der Waals surface area contributed by atoms with Gasteiger partial charge < -0.3 is 0 Å². The Bertz CT molecular complexity index is 760. The summed E-state index contributed by atoms with van der Waals surface area (Å²) in [6.07, 6.45) is 1.57. The fourth-order valence-corrected chi connectivity index (χ4v) is 4.60. The van der Waals surface area contributed by atoms with E-state index in [2.05, 4.69) is 0 Å². The number of hydrogen-bond acceptors (Lipinski definition) is 2. The van der Waals surface area contributed by atoms with Crippen LogP contribution in [-0.2, 0) is 10.0 Å². The monoisotopic (exact) mass is 339 g/mol. The summed E-state index contributed by atoms with van der Waals surface area (Å²) in [6.45, 7) is 0.465. The quantitative estimate of drug-likeness (QED) is 0.847. The molecule has 1 aliphatic heterocycles. The van der Waals surface area contributed by atoms with E-state index >= 15 is 0 Å². The SMILES string of the molecule is O=S(=O)(c1ccc(F)cc1)N1CCC[C@H]1c1ccc(Cl)cc1. The standard InChI is InChI=1S/C16H15ClFNO2S/c17-13-5-3-12(4-6-13)16-2-1-11-19(16)22(20,21)15-9-7-14(18)8-10-15/h3-10,16H,1-2,11H2/t16-/m0/s1. The molecule has 1 fully saturated rings. The molecule has 0 saturated carbocycles.